The normalized spacial score (nSPS) is 10.9. The van der Waals surface area contributed by atoms with E-state index in [1.807, 2.05) is 0 Å². The zero-order valence-corrected chi connectivity index (χ0v) is 13.6. The van der Waals surface area contributed by atoms with E-state index in [1.165, 1.54) is 10.6 Å². The Balaban J connectivity index is 2.27. The molecule has 0 aliphatic heterocycles. The van der Waals surface area contributed by atoms with Gasteiger partial charge in [0, 0.05) is 0 Å². The molecular formula is C17H14FN3O2S. The van der Waals surface area contributed by atoms with Gasteiger partial charge in [0.1, 0.15) is 5.82 Å². The maximum atomic E-state index is 13.9. The molecule has 0 bridgehead atoms. The van der Waals surface area contributed by atoms with Crippen molar-refractivity contribution >= 4 is 28.6 Å². The molecule has 0 radical (unpaired) electrons. The number of aryl methyl sites for hydroxylation is 1. The van der Waals surface area contributed by atoms with Crippen molar-refractivity contribution in [3.05, 3.63) is 64.2 Å². The fourth-order valence-electron chi connectivity index (χ4n) is 2.29. The number of fused-ring (bicyclic) bond motifs is 1. The molecule has 2 N–H and O–H groups in total. The van der Waals surface area contributed by atoms with Gasteiger partial charge in [-0.3, -0.25) is 14.2 Å². The molecule has 0 spiro atoms. The van der Waals surface area contributed by atoms with Crippen LogP contribution in [0.25, 0.3) is 16.6 Å². The molecule has 24 heavy (non-hydrogen) atoms. The number of amides is 1. The van der Waals surface area contributed by atoms with Crippen molar-refractivity contribution in [3.63, 3.8) is 0 Å². The Kier molecular flexibility index (Phi) is 4.35. The Bertz CT molecular complexity index is 1000. The summed E-state index contributed by atoms with van der Waals surface area (Å²) in [5.41, 5.74) is 6.21. The molecule has 0 saturated heterocycles. The van der Waals surface area contributed by atoms with Crippen LogP contribution < -0.4 is 11.3 Å². The van der Waals surface area contributed by atoms with Crippen molar-refractivity contribution in [1.82, 2.24) is 9.55 Å². The average Bonchev–Trinajstić information content (AvgIpc) is 2.56. The number of halogens is 1. The van der Waals surface area contributed by atoms with Gasteiger partial charge in [-0.15, -0.1) is 0 Å². The SMILES string of the molecule is Cc1ccc(-n2c(SCC(N)=O)nc3ccccc3c2=O)cc1F. The molecule has 0 saturated carbocycles. The van der Waals surface area contributed by atoms with Crippen LogP contribution in [0.4, 0.5) is 4.39 Å². The number of aromatic nitrogens is 2. The smallest absolute Gasteiger partial charge is 0.266 e. The van der Waals surface area contributed by atoms with E-state index in [4.69, 9.17) is 5.73 Å². The minimum Gasteiger partial charge on any atom is -0.369 e. The molecule has 0 atom stereocenters. The number of carbonyl (C=O) groups excluding carboxylic acids is 1. The highest BCUT2D eigenvalue weighted by atomic mass is 32.2. The molecule has 2 aromatic carbocycles. The van der Waals surface area contributed by atoms with Crippen LogP contribution in [0.1, 0.15) is 5.56 Å². The average molecular weight is 343 g/mol. The van der Waals surface area contributed by atoms with E-state index in [-0.39, 0.29) is 11.3 Å². The van der Waals surface area contributed by atoms with Crippen LogP contribution in [0.3, 0.4) is 0 Å². The molecule has 3 aromatic rings. The van der Waals surface area contributed by atoms with E-state index in [1.54, 1.807) is 43.3 Å². The molecule has 0 aliphatic rings. The third-order valence-electron chi connectivity index (χ3n) is 3.50. The van der Waals surface area contributed by atoms with E-state index in [0.29, 0.717) is 27.3 Å². The van der Waals surface area contributed by atoms with E-state index >= 15 is 0 Å². The number of nitrogens with two attached hydrogens (primary N) is 1. The number of primary amides is 1. The number of nitrogens with zero attached hydrogens (tertiary/aromatic N) is 2. The van der Waals surface area contributed by atoms with E-state index in [2.05, 4.69) is 4.98 Å². The quantitative estimate of drug-likeness (QED) is 0.583. The summed E-state index contributed by atoms with van der Waals surface area (Å²) in [6.45, 7) is 1.64. The fourth-order valence-corrected chi connectivity index (χ4v) is 3.05. The van der Waals surface area contributed by atoms with Crippen LogP contribution in [0.15, 0.2) is 52.4 Å². The van der Waals surface area contributed by atoms with Crippen LogP contribution in [0, 0.1) is 12.7 Å². The first-order chi connectivity index (χ1) is 11.5. The van der Waals surface area contributed by atoms with Crippen LogP contribution in [0.5, 0.6) is 0 Å². The van der Waals surface area contributed by atoms with Gasteiger partial charge < -0.3 is 5.73 Å². The van der Waals surface area contributed by atoms with Gasteiger partial charge in [-0.1, -0.05) is 30.0 Å². The zero-order valence-electron chi connectivity index (χ0n) is 12.8. The standard InChI is InChI=1S/C17H14FN3O2S/c1-10-6-7-11(8-13(10)18)21-16(23)12-4-2-3-5-14(12)20-17(21)24-9-15(19)22/h2-8H,9H2,1H3,(H2,19,22). The lowest BCUT2D eigenvalue weighted by Gasteiger charge is -2.13. The second kappa shape index (κ2) is 6.45. The lowest BCUT2D eigenvalue weighted by molar-refractivity contribution is -0.115. The molecule has 7 heteroatoms. The Labute approximate surface area is 141 Å². The van der Waals surface area contributed by atoms with Crippen molar-refractivity contribution in [3.8, 4) is 5.69 Å². The molecule has 0 aliphatic carbocycles. The summed E-state index contributed by atoms with van der Waals surface area (Å²) in [4.78, 5) is 28.4. The molecule has 0 unspecified atom stereocenters. The molecule has 1 amide bonds. The van der Waals surface area contributed by atoms with Crippen LogP contribution >= 0.6 is 11.8 Å². The molecule has 1 aromatic heterocycles. The first kappa shape index (κ1) is 16.2. The van der Waals surface area contributed by atoms with Crippen LogP contribution in [-0.2, 0) is 4.79 Å². The van der Waals surface area contributed by atoms with Crippen molar-refractivity contribution in [2.75, 3.05) is 5.75 Å². The second-order valence-corrected chi connectivity index (χ2v) is 6.18. The van der Waals surface area contributed by atoms with Crippen molar-refractivity contribution < 1.29 is 9.18 Å². The zero-order chi connectivity index (χ0) is 17.3. The summed E-state index contributed by atoms with van der Waals surface area (Å²) in [6, 6.07) is 11.4. The first-order valence-corrected chi connectivity index (χ1v) is 8.15. The Morgan fingerprint density at radius 1 is 1.29 bits per heavy atom. The fraction of sp³-hybridized carbons (Fsp3) is 0.118. The highest BCUT2D eigenvalue weighted by molar-refractivity contribution is 7.99. The number of rotatable bonds is 4. The number of hydrogen-bond acceptors (Lipinski definition) is 4. The number of carbonyl (C=O) groups is 1. The van der Waals surface area contributed by atoms with Crippen molar-refractivity contribution in [2.24, 2.45) is 5.73 Å². The number of thioether (sulfide) groups is 1. The molecule has 122 valence electrons. The van der Waals surface area contributed by atoms with Crippen molar-refractivity contribution in [1.29, 1.82) is 0 Å². The van der Waals surface area contributed by atoms with Gasteiger partial charge in [-0.2, -0.15) is 0 Å². The monoisotopic (exact) mass is 343 g/mol. The van der Waals surface area contributed by atoms with E-state index in [9.17, 15) is 14.0 Å². The predicted octanol–water partition coefficient (Wildman–Crippen LogP) is 2.41. The van der Waals surface area contributed by atoms with Gasteiger partial charge in [0.25, 0.3) is 5.56 Å². The van der Waals surface area contributed by atoms with Crippen molar-refractivity contribution in [2.45, 2.75) is 12.1 Å². The summed E-state index contributed by atoms with van der Waals surface area (Å²) >= 11 is 1.04. The van der Waals surface area contributed by atoms with Gasteiger partial charge in [0.05, 0.1) is 22.3 Å². The maximum absolute atomic E-state index is 13.9. The lowest BCUT2D eigenvalue weighted by Crippen LogP contribution is -2.23. The summed E-state index contributed by atoms with van der Waals surface area (Å²) in [6.07, 6.45) is 0. The largest absolute Gasteiger partial charge is 0.369 e. The van der Waals surface area contributed by atoms with Gasteiger partial charge in [-0.05, 0) is 36.8 Å². The highest BCUT2D eigenvalue weighted by Gasteiger charge is 2.15. The summed E-state index contributed by atoms with van der Waals surface area (Å²) in [7, 11) is 0. The Morgan fingerprint density at radius 2 is 2.04 bits per heavy atom. The molecule has 5 nitrogen and oxygen atoms in total. The van der Waals surface area contributed by atoms with Gasteiger partial charge in [-0.25, -0.2) is 9.37 Å². The topological polar surface area (TPSA) is 78.0 Å². The lowest BCUT2D eigenvalue weighted by atomic mass is 10.2. The molecule has 0 fully saturated rings. The predicted molar refractivity (Wildman–Crippen MR) is 92.0 cm³/mol. The molecular weight excluding hydrogens is 329 g/mol. The van der Waals surface area contributed by atoms with Crippen LogP contribution in [-0.4, -0.2) is 21.2 Å². The third kappa shape index (κ3) is 3.03. The third-order valence-corrected chi connectivity index (χ3v) is 4.46. The van der Waals surface area contributed by atoms with Gasteiger partial charge >= 0.3 is 0 Å². The summed E-state index contributed by atoms with van der Waals surface area (Å²) in [5, 5.41) is 0.711. The van der Waals surface area contributed by atoms with Crippen LogP contribution in [0.2, 0.25) is 0 Å². The highest BCUT2D eigenvalue weighted by Crippen LogP contribution is 2.22. The van der Waals surface area contributed by atoms with E-state index < -0.39 is 11.7 Å². The summed E-state index contributed by atoms with van der Waals surface area (Å²) < 4.78 is 15.2. The molecule has 3 rings (SSSR count). The summed E-state index contributed by atoms with van der Waals surface area (Å²) in [5.74, 6) is -0.971. The second-order valence-electron chi connectivity index (χ2n) is 5.24. The number of para-hydroxylation sites is 1. The Morgan fingerprint density at radius 3 is 2.75 bits per heavy atom. The minimum absolute atomic E-state index is 0.0286. The Hall–Kier alpha value is -2.67. The molecule has 1 heterocycles. The first-order valence-electron chi connectivity index (χ1n) is 7.17. The van der Waals surface area contributed by atoms with Gasteiger partial charge in [0.15, 0.2) is 5.16 Å². The number of hydrogen-bond donors (Lipinski definition) is 1. The van der Waals surface area contributed by atoms with E-state index in [0.717, 1.165) is 11.8 Å². The van der Waals surface area contributed by atoms with Gasteiger partial charge in [0.2, 0.25) is 5.91 Å². The minimum atomic E-state index is -0.524. The maximum Gasteiger partial charge on any atom is 0.266 e. The number of benzene rings is 2.